The van der Waals surface area contributed by atoms with Gasteiger partial charge in [-0.2, -0.15) is 9.97 Å². The van der Waals surface area contributed by atoms with Crippen LogP contribution in [0.1, 0.15) is 13.7 Å². The van der Waals surface area contributed by atoms with Crippen LogP contribution in [0.3, 0.4) is 0 Å². The van der Waals surface area contributed by atoms with Gasteiger partial charge in [-0.25, -0.2) is 4.98 Å². The summed E-state index contributed by atoms with van der Waals surface area (Å²) in [6.07, 6.45) is 0. The van der Waals surface area contributed by atoms with Gasteiger partial charge in [0.25, 0.3) is 0 Å². The van der Waals surface area contributed by atoms with Gasteiger partial charge in [0, 0.05) is 42.1 Å². The average Bonchev–Trinajstić information content (AvgIpc) is 3.88. The third-order valence-electron chi connectivity index (χ3n) is 8.74. The number of benzene rings is 7. The quantitative estimate of drug-likeness (QED) is 0.184. The summed E-state index contributed by atoms with van der Waals surface area (Å²) in [6, 6.07) is 31.4. The minimum absolute atomic E-state index is 0.00692. The maximum absolute atomic E-state index is 9.69. The van der Waals surface area contributed by atoms with E-state index < -0.39 is 36.3 Å². The molecule has 4 nitrogen and oxygen atoms in total. The molecule has 3 heterocycles. The largest absolute Gasteiger partial charge is 0.278 e. The zero-order chi connectivity index (χ0) is 41.7. The van der Waals surface area contributed by atoms with Gasteiger partial charge in [-0.15, -0.1) is 11.3 Å². The molecule has 0 aliphatic carbocycles. The van der Waals surface area contributed by atoms with Crippen LogP contribution in [0, 0.1) is 0 Å². The van der Waals surface area contributed by atoms with E-state index in [1.165, 1.54) is 4.57 Å². The van der Waals surface area contributed by atoms with Crippen molar-refractivity contribution in [2.75, 3.05) is 0 Å². The number of para-hydroxylation sites is 1. The van der Waals surface area contributed by atoms with Gasteiger partial charge >= 0.3 is 0 Å². The highest BCUT2D eigenvalue weighted by atomic mass is 32.1. The summed E-state index contributed by atoms with van der Waals surface area (Å²) >= 11 is 0.956. The van der Waals surface area contributed by atoms with E-state index in [0.717, 1.165) is 33.6 Å². The van der Waals surface area contributed by atoms with Crippen LogP contribution in [0.4, 0.5) is 0 Å². The first-order valence-electron chi connectivity index (χ1n) is 20.9. The number of thiophene rings is 1. The Morgan fingerprint density at radius 3 is 1.60 bits per heavy atom. The molecule has 0 amide bonds. The highest BCUT2D eigenvalue weighted by molar-refractivity contribution is 7.25. The normalized spacial score (nSPS) is 14.4. The number of hydrogen-bond acceptors (Lipinski definition) is 4. The molecule has 0 N–H and O–H groups in total. The maximum atomic E-state index is 9.69. The van der Waals surface area contributed by atoms with Crippen molar-refractivity contribution in [1.82, 2.24) is 19.5 Å². The molecule has 10 aromatic rings. The summed E-state index contributed by atoms with van der Waals surface area (Å²) < 4.78 is 90.8. The van der Waals surface area contributed by atoms with Gasteiger partial charge in [0.15, 0.2) is 11.6 Å². The topological polar surface area (TPSA) is 43.6 Å². The first-order valence-corrected chi connectivity index (χ1v) is 16.7. The first kappa shape index (κ1) is 20.2. The molecule has 0 atom stereocenters. The van der Waals surface area contributed by atoms with E-state index in [-0.39, 0.29) is 83.7 Å². The van der Waals surface area contributed by atoms with E-state index in [0.29, 0.717) is 11.1 Å². The Labute approximate surface area is 306 Å². The lowest BCUT2D eigenvalue weighted by atomic mass is 9.99. The molecule has 0 saturated carbocycles. The predicted octanol–water partition coefficient (Wildman–Crippen LogP) is 12.0. The molecule has 0 fully saturated rings. The molecule has 0 bridgehead atoms. The van der Waals surface area contributed by atoms with Crippen LogP contribution in [-0.4, -0.2) is 19.5 Å². The smallest absolute Gasteiger partial charge is 0.238 e. The molecule has 0 spiro atoms. The molecular weight excluding hydrogens is 629 g/mol. The van der Waals surface area contributed by atoms with Crippen LogP contribution in [-0.2, 0) is 0 Å². The first-order chi connectivity index (χ1) is 28.9. The number of aromatic nitrogens is 4. The number of fused-ring (bicyclic) bond motifs is 6. The van der Waals surface area contributed by atoms with Crippen molar-refractivity contribution < 1.29 is 13.7 Å². The standard InChI is InChI=1S/C45H28N4S/c1-3-11-29(12-4-1)30-19-21-31(22-20-30)32-23-25-34(26-24-32)44-46-43(33-13-5-2-6-14-33)47-45(48-44)49-39-17-9-7-15-35(39)37-27-38-36-16-8-10-18-41(36)50-42(38)28-40(37)49/h1-28H/i7D,8D,9D,10D,15D,16D,17D,18D,27D,28D. The highest BCUT2D eigenvalue weighted by Crippen LogP contribution is 2.40. The van der Waals surface area contributed by atoms with Gasteiger partial charge in [-0.05, 0) is 46.4 Å². The van der Waals surface area contributed by atoms with Crippen molar-refractivity contribution in [2.24, 2.45) is 0 Å². The second-order valence-corrected chi connectivity index (χ2v) is 12.7. The van der Waals surface area contributed by atoms with Gasteiger partial charge in [0.05, 0.1) is 24.7 Å². The fourth-order valence-electron chi connectivity index (χ4n) is 6.30. The van der Waals surface area contributed by atoms with Crippen molar-refractivity contribution in [3.8, 4) is 51.0 Å². The summed E-state index contributed by atoms with van der Waals surface area (Å²) in [6.45, 7) is 0. The Kier molecular flexibility index (Phi) is 4.69. The minimum atomic E-state index is -0.536. The lowest BCUT2D eigenvalue weighted by Gasteiger charge is -2.11. The van der Waals surface area contributed by atoms with E-state index >= 15 is 0 Å². The van der Waals surface area contributed by atoms with Gasteiger partial charge in [-0.3, -0.25) is 4.57 Å². The van der Waals surface area contributed by atoms with Crippen LogP contribution in [0.5, 0.6) is 0 Å². The van der Waals surface area contributed by atoms with Crippen molar-refractivity contribution >= 4 is 53.3 Å². The van der Waals surface area contributed by atoms with Crippen molar-refractivity contribution in [3.05, 3.63) is 170 Å². The van der Waals surface area contributed by atoms with Gasteiger partial charge in [-0.1, -0.05) is 145 Å². The van der Waals surface area contributed by atoms with Gasteiger partial charge < -0.3 is 0 Å². The van der Waals surface area contributed by atoms with Crippen LogP contribution in [0.25, 0.3) is 93.0 Å². The van der Waals surface area contributed by atoms with Crippen molar-refractivity contribution in [1.29, 1.82) is 0 Å². The minimum Gasteiger partial charge on any atom is -0.278 e. The molecule has 0 radical (unpaired) electrons. The van der Waals surface area contributed by atoms with E-state index in [1.54, 1.807) is 0 Å². The molecule has 10 rings (SSSR count). The second kappa shape index (κ2) is 11.6. The monoisotopic (exact) mass is 666 g/mol. The molecular formula is C45H28N4S. The average molecular weight is 667 g/mol. The highest BCUT2D eigenvalue weighted by Gasteiger charge is 2.19. The summed E-state index contributed by atoms with van der Waals surface area (Å²) in [5.74, 6) is 0.461. The number of nitrogens with zero attached hydrogens (tertiary/aromatic N) is 4. The van der Waals surface area contributed by atoms with Crippen LogP contribution >= 0.6 is 11.3 Å². The fourth-order valence-corrected chi connectivity index (χ4v) is 7.27. The van der Waals surface area contributed by atoms with E-state index in [2.05, 4.69) is 36.4 Å². The third-order valence-corrected chi connectivity index (χ3v) is 9.76. The molecule has 7 aromatic carbocycles. The number of hydrogen-bond donors (Lipinski definition) is 0. The molecule has 50 heavy (non-hydrogen) atoms. The molecule has 0 aliphatic heterocycles. The lowest BCUT2D eigenvalue weighted by molar-refractivity contribution is 0.954. The SMILES string of the molecule is [2H]c1c([2H])c([2H])c2c(sc3c([2H])c4c(c([2H])c32)c2c([2H])c([2H])c([2H])c([2H])c2n4-c2nc(-c3ccccc3)nc(-c3ccc(-c4ccc(-c5ccccc5)cc4)cc3)n2)c1[2H]. The zero-order valence-corrected chi connectivity index (χ0v) is 26.9. The van der Waals surface area contributed by atoms with E-state index in [1.807, 2.05) is 72.8 Å². The molecule has 0 unspecified atom stereocenters. The summed E-state index contributed by atoms with van der Waals surface area (Å²) in [5, 5.41) is 0.143. The van der Waals surface area contributed by atoms with Crippen LogP contribution in [0.2, 0.25) is 0 Å². The maximum Gasteiger partial charge on any atom is 0.238 e. The molecule has 5 heteroatoms. The van der Waals surface area contributed by atoms with Crippen molar-refractivity contribution in [2.45, 2.75) is 0 Å². The van der Waals surface area contributed by atoms with Gasteiger partial charge in [0.2, 0.25) is 5.95 Å². The molecule has 0 aliphatic rings. The Morgan fingerprint density at radius 1 is 0.420 bits per heavy atom. The Bertz CT molecular complexity index is 3410. The van der Waals surface area contributed by atoms with E-state index in [4.69, 9.17) is 24.5 Å². The summed E-state index contributed by atoms with van der Waals surface area (Å²) in [7, 11) is 0. The van der Waals surface area contributed by atoms with Crippen LogP contribution < -0.4 is 0 Å². The van der Waals surface area contributed by atoms with E-state index in [9.17, 15) is 4.11 Å². The Hall–Kier alpha value is -6.43. The summed E-state index contributed by atoms with van der Waals surface area (Å²) in [4.78, 5) is 14.7. The number of rotatable bonds is 5. The predicted molar refractivity (Wildman–Crippen MR) is 209 cm³/mol. The fraction of sp³-hybridized carbons (Fsp3) is 0. The molecule has 3 aromatic heterocycles. The van der Waals surface area contributed by atoms with Crippen LogP contribution in [0.15, 0.2) is 170 Å². The Morgan fingerprint density at radius 2 is 0.940 bits per heavy atom. The Balaban J connectivity index is 1.24. The third kappa shape index (κ3) is 4.79. The zero-order valence-electron chi connectivity index (χ0n) is 36.1. The van der Waals surface area contributed by atoms with Gasteiger partial charge in [0.1, 0.15) is 0 Å². The second-order valence-electron chi connectivity index (χ2n) is 11.7. The molecule has 0 saturated heterocycles. The van der Waals surface area contributed by atoms with Crippen molar-refractivity contribution in [3.63, 3.8) is 0 Å². The lowest BCUT2D eigenvalue weighted by Crippen LogP contribution is -2.06. The summed E-state index contributed by atoms with van der Waals surface area (Å²) in [5.41, 5.74) is 5.45. The molecule has 234 valence electrons.